The summed E-state index contributed by atoms with van der Waals surface area (Å²) in [6.45, 7) is 6.02. The second kappa shape index (κ2) is 7.09. The van der Waals surface area contributed by atoms with Gasteiger partial charge in [-0.15, -0.1) is 0 Å². The molecule has 0 bridgehead atoms. The van der Waals surface area contributed by atoms with Crippen molar-refractivity contribution in [3.8, 4) is 5.75 Å². The van der Waals surface area contributed by atoms with Crippen molar-refractivity contribution < 1.29 is 19.1 Å². The minimum Gasteiger partial charge on any atom is -0.490 e. The zero-order valence-electron chi connectivity index (χ0n) is 13.5. The van der Waals surface area contributed by atoms with E-state index >= 15 is 0 Å². The molecule has 0 radical (unpaired) electrons. The standard InChI is InChI=1S/C17H20N2O4/c1-17(2,3)23-16(21)18-6-7-22-14-9-13-8-12(11-20)4-5-15(13)19-10-14/h4-5,8-11H,6-7H2,1-3H3,(H,18,21). The first-order chi connectivity index (χ1) is 10.9. The van der Waals surface area contributed by atoms with Crippen molar-refractivity contribution in [2.45, 2.75) is 26.4 Å². The van der Waals surface area contributed by atoms with Gasteiger partial charge in [-0.1, -0.05) is 0 Å². The zero-order chi connectivity index (χ0) is 16.9. The number of carbonyl (C=O) groups is 2. The minimum absolute atomic E-state index is 0.291. The molecule has 6 heteroatoms. The quantitative estimate of drug-likeness (QED) is 0.678. The van der Waals surface area contributed by atoms with Crippen LogP contribution in [-0.2, 0) is 4.74 Å². The lowest BCUT2D eigenvalue weighted by Gasteiger charge is -2.19. The molecule has 0 aliphatic carbocycles. The molecule has 0 fully saturated rings. The summed E-state index contributed by atoms with van der Waals surface area (Å²) in [6, 6.07) is 7.06. The number of aldehydes is 1. The number of alkyl carbamates (subject to hydrolysis) is 1. The second-order valence-corrected chi connectivity index (χ2v) is 6.02. The van der Waals surface area contributed by atoms with E-state index in [1.807, 2.05) is 6.07 Å². The van der Waals surface area contributed by atoms with Crippen LogP contribution in [0.4, 0.5) is 4.79 Å². The summed E-state index contributed by atoms with van der Waals surface area (Å²) >= 11 is 0. The van der Waals surface area contributed by atoms with Crippen LogP contribution in [0, 0.1) is 0 Å². The molecule has 0 atom stereocenters. The number of aromatic nitrogens is 1. The van der Waals surface area contributed by atoms with Gasteiger partial charge >= 0.3 is 6.09 Å². The number of pyridine rings is 1. The van der Waals surface area contributed by atoms with Crippen molar-refractivity contribution >= 4 is 23.3 Å². The summed E-state index contributed by atoms with van der Waals surface area (Å²) in [4.78, 5) is 26.6. The van der Waals surface area contributed by atoms with Crippen LogP contribution in [0.1, 0.15) is 31.1 Å². The average Bonchev–Trinajstić information content (AvgIpc) is 2.49. The Bertz CT molecular complexity index is 707. The molecule has 0 saturated carbocycles. The Kier molecular flexibility index (Phi) is 5.16. The van der Waals surface area contributed by atoms with Gasteiger partial charge in [-0.3, -0.25) is 9.78 Å². The zero-order valence-corrected chi connectivity index (χ0v) is 13.5. The highest BCUT2D eigenvalue weighted by Crippen LogP contribution is 2.19. The predicted molar refractivity (Wildman–Crippen MR) is 86.9 cm³/mol. The van der Waals surface area contributed by atoms with E-state index in [9.17, 15) is 9.59 Å². The van der Waals surface area contributed by atoms with Crippen LogP contribution in [0.25, 0.3) is 10.9 Å². The molecular weight excluding hydrogens is 296 g/mol. The SMILES string of the molecule is CC(C)(C)OC(=O)NCCOc1cnc2ccc(C=O)cc2c1. The second-order valence-electron chi connectivity index (χ2n) is 6.02. The fourth-order valence-electron chi connectivity index (χ4n) is 1.92. The number of amides is 1. The number of rotatable bonds is 5. The summed E-state index contributed by atoms with van der Waals surface area (Å²) in [5.74, 6) is 0.575. The normalized spacial score (nSPS) is 11.1. The van der Waals surface area contributed by atoms with E-state index in [0.717, 1.165) is 17.2 Å². The summed E-state index contributed by atoms with van der Waals surface area (Å²) in [6.07, 6.45) is 1.92. The Balaban J connectivity index is 1.87. The van der Waals surface area contributed by atoms with E-state index in [1.165, 1.54) is 0 Å². The molecular formula is C17H20N2O4. The van der Waals surface area contributed by atoms with Gasteiger partial charge in [0.1, 0.15) is 24.2 Å². The first-order valence-electron chi connectivity index (χ1n) is 7.32. The van der Waals surface area contributed by atoms with E-state index in [4.69, 9.17) is 9.47 Å². The predicted octanol–water partition coefficient (Wildman–Crippen LogP) is 2.95. The van der Waals surface area contributed by atoms with Crippen molar-refractivity contribution in [2.24, 2.45) is 0 Å². The number of nitrogens with one attached hydrogen (secondary N) is 1. The molecule has 0 aliphatic heterocycles. The van der Waals surface area contributed by atoms with Crippen molar-refractivity contribution in [1.29, 1.82) is 0 Å². The Labute approximate surface area is 134 Å². The molecule has 0 saturated heterocycles. The van der Waals surface area contributed by atoms with Crippen molar-refractivity contribution in [3.63, 3.8) is 0 Å². The maximum Gasteiger partial charge on any atom is 0.407 e. The topological polar surface area (TPSA) is 77.5 Å². The summed E-state index contributed by atoms with van der Waals surface area (Å²) in [7, 11) is 0. The molecule has 1 aromatic heterocycles. The molecule has 6 nitrogen and oxygen atoms in total. The Hall–Kier alpha value is -2.63. The Morgan fingerprint density at radius 2 is 2.09 bits per heavy atom. The first-order valence-corrected chi connectivity index (χ1v) is 7.32. The van der Waals surface area contributed by atoms with Gasteiger partial charge in [0.25, 0.3) is 0 Å². The highest BCUT2D eigenvalue weighted by molar-refractivity contribution is 5.87. The molecule has 23 heavy (non-hydrogen) atoms. The first kappa shape index (κ1) is 16.7. The number of benzene rings is 1. The molecule has 1 aromatic carbocycles. The van der Waals surface area contributed by atoms with Crippen LogP contribution in [0.2, 0.25) is 0 Å². The van der Waals surface area contributed by atoms with Gasteiger partial charge in [0.15, 0.2) is 0 Å². The molecule has 122 valence electrons. The van der Waals surface area contributed by atoms with Crippen LogP contribution < -0.4 is 10.1 Å². The fourth-order valence-corrected chi connectivity index (χ4v) is 1.92. The van der Waals surface area contributed by atoms with Gasteiger partial charge in [-0.2, -0.15) is 0 Å². The van der Waals surface area contributed by atoms with Crippen LogP contribution in [0.5, 0.6) is 5.75 Å². The van der Waals surface area contributed by atoms with Crippen molar-refractivity contribution in [1.82, 2.24) is 10.3 Å². The van der Waals surface area contributed by atoms with E-state index in [-0.39, 0.29) is 0 Å². The molecule has 2 rings (SSSR count). The van der Waals surface area contributed by atoms with Gasteiger partial charge in [0, 0.05) is 10.9 Å². The van der Waals surface area contributed by atoms with Crippen LogP contribution in [0.15, 0.2) is 30.5 Å². The maximum atomic E-state index is 11.5. The van der Waals surface area contributed by atoms with Gasteiger partial charge in [0.05, 0.1) is 18.3 Å². The van der Waals surface area contributed by atoms with Gasteiger partial charge in [0.2, 0.25) is 0 Å². The van der Waals surface area contributed by atoms with E-state index in [0.29, 0.717) is 24.5 Å². The van der Waals surface area contributed by atoms with E-state index in [1.54, 1.807) is 45.2 Å². The van der Waals surface area contributed by atoms with Crippen molar-refractivity contribution in [3.05, 3.63) is 36.0 Å². The number of carbonyl (C=O) groups excluding carboxylic acids is 2. The molecule has 0 aliphatic rings. The molecule has 1 heterocycles. The average molecular weight is 316 g/mol. The largest absolute Gasteiger partial charge is 0.490 e. The maximum absolute atomic E-state index is 11.5. The number of hydrogen-bond acceptors (Lipinski definition) is 5. The third kappa shape index (κ3) is 5.25. The molecule has 2 aromatic rings. The lowest BCUT2D eigenvalue weighted by atomic mass is 10.1. The minimum atomic E-state index is -0.524. The fraction of sp³-hybridized carbons (Fsp3) is 0.353. The number of fused-ring (bicyclic) bond motifs is 1. The Morgan fingerprint density at radius 1 is 1.30 bits per heavy atom. The Morgan fingerprint density at radius 3 is 2.78 bits per heavy atom. The smallest absolute Gasteiger partial charge is 0.407 e. The molecule has 1 N–H and O–H groups in total. The third-order valence-corrected chi connectivity index (χ3v) is 2.86. The lowest BCUT2D eigenvalue weighted by Crippen LogP contribution is -2.34. The summed E-state index contributed by atoms with van der Waals surface area (Å²) in [5, 5.41) is 3.44. The number of ether oxygens (including phenoxy) is 2. The van der Waals surface area contributed by atoms with Gasteiger partial charge in [-0.05, 0) is 45.0 Å². The van der Waals surface area contributed by atoms with Crippen LogP contribution in [-0.4, -0.2) is 36.1 Å². The molecule has 0 unspecified atom stereocenters. The summed E-state index contributed by atoms with van der Waals surface area (Å²) in [5.41, 5.74) is 0.849. The number of hydrogen-bond donors (Lipinski definition) is 1. The van der Waals surface area contributed by atoms with E-state index < -0.39 is 11.7 Å². The van der Waals surface area contributed by atoms with Crippen molar-refractivity contribution in [2.75, 3.05) is 13.2 Å². The van der Waals surface area contributed by atoms with Crippen LogP contribution >= 0.6 is 0 Å². The highest BCUT2D eigenvalue weighted by Gasteiger charge is 2.15. The van der Waals surface area contributed by atoms with Gasteiger partial charge < -0.3 is 14.8 Å². The number of nitrogens with zero attached hydrogens (tertiary/aromatic N) is 1. The molecule has 0 spiro atoms. The van der Waals surface area contributed by atoms with Crippen LogP contribution in [0.3, 0.4) is 0 Å². The van der Waals surface area contributed by atoms with Gasteiger partial charge in [-0.25, -0.2) is 4.79 Å². The molecule has 1 amide bonds. The monoisotopic (exact) mass is 316 g/mol. The lowest BCUT2D eigenvalue weighted by molar-refractivity contribution is 0.0520. The summed E-state index contributed by atoms with van der Waals surface area (Å²) < 4.78 is 10.7. The van der Waals surface area contributed by atoms with E-state index in [2.05, 4.69) is 10.3 Å². The highest BCUT2D eigenvalue weighted by atomic mass is 16.6. The third-order valence-electron chi connectivity index (χ3n) is 2.86.